The van der Waals surface area contributed by atoms with Crippen LogP contribution >= 0.6 is 0 Å². The molecule has 0 aliphatic heterocycles. The van der Waals surface area contributed by atoms with E-state index >= 15 is 0 Å². The predicted molar refractivity (Wildman–Crippen MR) is 97.8 cm³/mol. The van der Waals surface area contributed by atoms with Crippen molar-refractivity contribution >= 4 is 11.7 Å². The van der Waals surface area contributed by atoms with Crippen LogP contribution in [0, 0.1) is 10.1 Å². The van der Waals surface area contributed by atoms with Gasteiger partial charge in [0, 0.05) is 16.8 Å². The molecule has 136 valence electrons. The maximum atomic E-state index is 12.3. The smallest absolute Gasteiger partial charge is 0.336 e. The van der Waals surface area contributed by atoms with Gasteiger partial charge in [-0.25, -0.2) is 4.79 Å². The van der Waals surface area contributed by atoms with Crippen LogP contribution in [0.3, 0.4) is 0 Å². The molecule has 2 rings (SSSR count). The van der Waals surface area contributed by atoms with E-state index in [0.29, 0.717) is 17.0 Å². The maximum absolute atomic E-state index is 12.3. The Kier molecular flexibility index (Phi) is 6.73. The van der Waals surface area contributed by atoms with Gasteiger partial charge in [-0.1, -0.05) is 30.3 Å². The zero-order chi connectivity index (χ0) is 18.9. The number of rotatable bonds is 8. The SMILES string of the molecule is COC(=O)/C(=C\Nc1ccc(OC)cc1)C(C[N+](=O)[O-])c1ccccc1. The third-order valence-electron chi connectivity index (χ3n) is 3.81. The van der Waals surface area contributed by atoms with E-state index in [0.717, 1.165) is 0 Å². The minimum Gasteiger partial charge on any atom is -0.497 e. The molecule has 1 N–H and O–H groups in total. The van der Waals surface area contributed by atoms with Gasteiger partial charge in [0.15, 0.2) is 0 Å². The Labute approximate surface area is 151 Å². The molecule has 0 aliphatic carbocycles. The molecule has 0 amide bonds. The molecule has 0 aliphatic rings. The van der Waals surface area contributed by atoms with E-state index < -0.39 is 23.4 Å². The summed E-state index contributed by atoms with van der Waals surface area (Å²) < 4.78 is 9.93. The molecule has 0 aromatic heterocycles. The average molecular weight is 356 g/mol. The lowest BCUT2D eigenvalue weighted by atomic mass is 9.91. The molecule has 7 heteroatoms. The summed E-state index contributed by atoms with van der Waals surface area (Å²) in [5, 5.41) is 14.1. The lowest BCUT2D eigenvalue weighted by Crippen LogP contribution is -2.21. The highest BCUT2D eigenvalue weighted by atomic mass is 16.6. The number of nitrogens with zero attached hydrogens (tertiary/aromatic N) is 1. The highest BCUT2D eigenvalue weighted by molar-refractivity contribution is 5.90. The molecule has 0 saturated carbocycles. The second-order valence-corrected chi connectivity index (χ2v) is 5.44. The Bertz CT molecular complexity index is 772. The Hall–Kier alpha value is -3.35. The van der Waals surface area contributed by atoms with Gasteiger partial charge in [0.2, 0.25) is 6.54 Å². The number of hydrogen-bond donors (Lipinski definition) is 1. The van der Waals surface area contributed by atoms with E-state index in [9.17, 15) is 14.9 Å². The second kappa shape index (κ2) is 9.22. The fourth-order valence-electron chi connectivity index (χ4n) is 2.49. The first-order valence-corrected chi connectivity index (χ1v) is 7.91. The summed E-state index contributed by atoms with van der Waals surface area (Å²) in [6.45, 7) is -0.421. The van der Waals surface area contributed by atoms with Crippen molar-refractivity contribution in [1.82, 2.24) is 0 Å². The number of hydrogen-bond acceptors (Lipinski definition) is 6. The molecule has 26 heavy (non-hydrogen) atoms. The summed E-state index contributed by atoms with van der Waals surface area (Å²) in [5.74, 6) is -0.658. The molecule has 1 unspecified atom stereocenters. The number of methoxy groups -OCH3 is 2. The molecule has 1 atom stereocenters. The minimum atomic E-state index is -0.732. The highest BCUT2D eigenvalue weighted by Crippen LogP contribution is 2.26. The average Bonchev–Trinajstić information content (AvgIpc) is 2.67. The summed E-state index contributed by atoms with van der Waals surface area (Å²) >= 11 is 0. The second-order valence-electron chi connectivity index (χ2n) is 5.44. The molecular formula is C19H20N2O5. The molecule has 7 nitrogen and oxygen atoms in total. The summed E-state index contributed by atoms with van der Waals surface area (Å²) in [6.07, 6.45) is 1.45. The number of nitro groups is 1. The quantitative estimate of drug-likeness (QED) is 0.338. The van der Waals surface area contributed by atoms with Crippen LogP contribution in [0.15, 0.2) is 66.4 Å². The molecule has 0 spiro atoms. The van der Waals surface area contributed by atoms with Crippen molar-refractivity contribution in [3.63, 3.8) is 0 Å². The third-order valence-corrected chi connectivity index (χ3v) is 3.81. The number of anilines is 1. The first-order valence-electron chi connectivity index (χ1n) is 7.91. The molecule has 0 fully saturated rings. The van der Waals surface area contributed by atoms with Crippen LogP contribution in [0.1, 0.15) is 11.5 Å². The predicted octanol–water partition coefficient (Wildman–Crippen LogP) is 3.22. The van der Waals surface area contributed by atoms with Crippen LogP contribution in [0.25, 0.3) is 0 Å². The lowest BCUT2D eigenvalue weighted by molar-refractivity contribution is -0.481. The van der Waals surface area contributed by atoms with Crippen LogP contribution < -0.4 is 10.1 Å². The molecule has 0 heterocycles. The van der Waals surface area contributed by atoms with Crippen molar-refractivity contribution < 1.29 is 19.2 Å². The largest absolute Gasteiger partial charge is 0.497 e. The Balaban J connectivity index is 2.35. The van der Waals surface area contributed by atoms with Gasteiger partial charge in [-0.3, -0.25) is 10.1 Å². The topological polar surface area (TPSA) is 90.7 Å². The highest BCUT2D eigenvalue weighted by Gasteiger charge is 2.28. The van der Waals surface area contributed by atoms with E-state index in [4.69, 9.17) is 9.47 Å². The lowest BCUT2D eigenvalue weighted by Gasteiger charge is -2.16. The van der Waals surface area contributed by atoms with Gasteiger partial charge in [0.05, 0.1) is 25.7 Å². The Morgan fingerprint density at radius 3 is 2.35 bits per heavy atom. The fraction of sp³-hybridized carbons (Fsp3) is 0.211. The van der Waals surface area contributed by atoms with Crippen LogP contribution in [0.2, 0.25) is 0 Å². The zero-order valence-corrected chi connectivity index (χ0v) is 14.5. The number of benzene rings is 2. The first-order chi connectivity index (χ1) is 12.5. The summed E-state index contributed by atoms with van der Waals surface area (Å²) in [7, 11) is 2.82. The Morgan fingerprint density at radius 1 is 1.15 bits per heavy atom. The van der Waals surface area contributed by atoms with Crippen LogP contribution in [0.4, 0.5) is 5.69 Å². The van der Waals surface area contributed by atoms with E-state index in [1.165, 1.54) is 13.3 Å². The van der Waals surface area contributed by atoms with Crippen molar-refractivity contribution in [3.05, 3.63) is 82.0 Å². The molecule has 2 aromatic carbocycles. The van der Waals surface area contributed by atoms with Crippen LogP contribution in [-0.2, 0) is 9.53 Å². The van der Waals surface area contributed by atoms with E-state index in [1.54, 1.807) is 55.6 Å². The number of ether oxygens (including phenoxy) is 2. The van der Waals surface area contributed by atoms with Crippen molar-refractivity contribution in [3.8, 4) is 5.75 Å². The minimum absolute atomic E-state index is 0.172. The maximum Gasteiger partial charge on any atom is 0.336 e. The standard InChI is InChI=1S/C19H20N2O5/c1-25-16-10-8-15(9-11-16)20-12-17(19(22)26-2)18(13-21(23)24)14-6-4-3-5-7-14/h3-12,18,20H,13H2,1-2H3/b17-12-. The van der Waals surface area contributed by atoms with Crippen molar-refractivity contribution in [2.45, 2.75) is 5.92 Å². The normalized spacial score (nSPS) is 12.2. The number of nitrogens with one attached hydrogen (secondary N) is 1. The number of esters is 1. The summed E-state index contributed by atoms with van der Waals surface area (Å²) in [6, 6.07) is 15.9. The van der Waals surface area contributed by atoms with Gasteiger partial charge < -0.3 is 14.8 Å². The van der Waals surface area contributed by atoms with Gasteiger partial charge in [-0.05, 0) is 29.8 Å². The van der Waals surface area contributed by atoms with Gasteiger partial charge in [0.1, 0.15) is 5.75 Å². The van der Waals surface area contributed by atoms with Gasteiger partial charge in [-0.15, -0.1) is 0 Å². The van der Waals surface area contributed by atoms with Crippen molar-refractivity contribution in [1.29, 1.82) is 0 Å². The summed E-state index contributed by atoms with van der Waals surface area (Å²) in [5.41, 5.74) is 1.55. The van der Waals surface area contributed by atoms with E-state index in [1.807, 2.05) is 6.07 Å². The summed E-state index contributed by atoms with van der Waals surface area (Å²) in [4.78, 5) is 22.9. The fourth-order valence-corrected chi connectivity index (χ4v) is 2.49. The van der Waals surface area contributed by atoms with Gasteiger partial charge in [0.25, 0.3) is 0 Å². The van der Waals surface area contributed by atoms with Gasteiger partial charge >= 0.3 is 5.97 Å². The number of carbonyl (C=O) groups is 1. The molecule has 0 radical (unpaired) electrons. The molecule has 0 saturated heterocycles. The van der Waals surface area contributed by atoms with E-state index in [-0.39, 0.29) is 5.57 Å². The van der Waals surface area contributed by atoms with Crippen LogP contribution in [-0.4, -0.2) is 31.7 Å². The zero-order valence-electron chi connectivity index (χ0n) is 14.5. The molecular weight excluding hydrogens is 336 g/mol. The first kappa shape index (κ1) is 19.0. The monoisotopic (exact) mass is 356 g/mol. The van der Waals surface area contributed by atoms with E-state index in [2.05, 4.69) is 5.32 Å². The molecule has 2 aromatic rings. The van der Waals surface area contributed by atoms with Crippen LogP contribution in [0.5, 0.6) is 5.75 Å². The van der Waals surface area contributed by atoms with Crippen molar-refractivity contribution in [2.24, 2.45) is 0 Å². The van der Waals surface area contributed by atoms with Gasteiger partial charge in [-0.2, -0.15) is 0 Å². The Morgan fingerprint density at radius 2 is 1.81 bits per heavy atom. The number of carbonyl (C=O) groups excluding carboxylic acids is 1. The third kappa shape index (κ3) is 5.07. The molecule has 0 bridgehead atoms. The van der Waals surface area contributed by atoms with Crippen molar-refractivity contribution in [2.75, 3.05) is 26.1 Å².